The quantitative estimate of drug-likeness (QED) is 0.868. The zero-order valence-corrected chi connectivity index (χ0v) is 14.9. The van der Waals surface area contributed by atoms with E-state index in [0.29, 0.717) is 11.6 Å². The van der Waals surface area contributed by atoms with E-state index >= 15 is 0 Å². The van der Waals surface area contributed by atoms with Gasteiger partial charge in [0.15, 0.2) is 0 Å². The molecule has 1 saturated heterocycles. The van der Waals surface area contributed by atoms with Crippen molar-refractivity contribution < 1.29 is 5.11 Å². The molecule has 1 aliphatic rings. The van der Waals surface area contributed by atoms with Crippen LogP contribution in [0.2, 0.25) is 0 Å². The summed E-state index contributed by atoms with van der Waals surface area (Å²) in [6.07, 6.45) is 4.28. The Bertz CT molecular complexity index is 677. The summed E-state index contributed by atoms with van der Waals surface area (Å²) in [5.74, 6) is 0.578. The van der Waals surface area contributed by atoms with E-state index in [9.17, 15) is 0 Å². The Morgan fingerprint density at radius 2 is 2.17 bits per heavy atom. The van der Waals surface area contributed by atoms with E-state index < -0.39 is 0 Å². The van der Waals surface area contributed by atoms with Crippen LogP contribution >= 0.6 is 0 Å². The third-order valence-electron chi connectivity index (χ3n) is 5.01. The summed E-state index contributed by atoms with van der Waals surface area (Å²) in [4.78, 5) is 2.54. The number of aliphatic hydroxyl groups is 1. The molecule has 0 spiro atoms. The Hall–Kier alpha value is -1.73. The van der Waals surface area contributed by atoms with Crippen LogP contribution in [0.25, 0.3) is 0 Å². The molecule has 2 aromatic rings. The Morgan fingerprint density at radius 1 is 1.33 bits per heavy atom. The maximum absolute atomic E-state index is 9.11. The van der Waals surface area contributed by atoms with E-state index in [4.69, 9.17) is 5.11 Å². The molecule has 7 nitrogen and oxygen atoms in total. The third-order valence-corrected chi connectivity index (χ3v) is 5.01. The molecule has 0 bridgehead atoms. The fourth-order valence-corrected chi connectivity index (χ4v) is 3.70. The predicted molar refractivity (Wildman–Crippen MR) is 91.3 cm³/mol. The Balaban J connectivity index is 1.62. The molecule has 0 amide bonds. The highest BCUT2D eigenvalue weighted by atomic mass is 16.3. The first-order chi connectivity index (χ1) is 11.6. The van der Waals surface area contributed by atoms with Crippen molar-refractivity contribution in [1.29, 1.82) is 0 Å². The summed E-state index contributed by atoms with van der Waals surface area (Å²) in [6.45, 7) is 11.4. The number of aromatic nitrogens is 5. The molecule has 0 aromatic carbocycles. The van der Waals surface area contributed by atoms with Crippen LogP contribution in [0.4, 0.5) is 0 Å². The lowest BCUT2D eigenvalue weighted by Gasteiger charge is -2.32. The van der Waals surface area contributed by atoms with Gasteiger partial charge < -0.3 is 5.11 Å². The second kappa shape index (κ2) is 7.44. The molecule has 3 rings (SSSR count). The van der Waals surface area contributed by atoms with Crippen molar-refractivity contribution in [3.8, 4) is 0 Å². The fraction of sp³-hybridized carbons (Fsp3) is 0.706. The van der Waals surface area contributed by atoms with Crippen LogP contribution < -0.4 is 0 Å². The van der Waals surface area contributed by atoms with Gasteiger partial charge in [-0.3, -0.25) is 14.3 Å². The minimum absolute atomic E-state index is 0.0449. The van der Waals surface area contributed by atoms with Crippen LogP contribution in [0.15, 0.2) is 6.20 Å². The van der Waals surface area contributed by atoms with Gasteiger partial charge in [0.2, 0.25) is 0 Å². The van der Waals surface area contributed by atoms with E-state index in [-0.39, 0.29) is 6.61 Å². The van der Waals surface area contributed by atoms with Gasteiger partial charge in [-0.05, 0) is 46.1 Å². The lowest BCUT2D eigenvalue weighted by molar-refractivity contribution is 0.152. The van der Waals surface area contributed by atoms with Crippen LogP contribution in [0, 0.1) is 19.8 Å². The number of piperidine rings is 1. The second-order valence-corrected chi connectivity index (χ2v) is 6.80. The summed E-state index contributed by atoms with van der Waals surface area (Å²) >= 11 is 0. The first-order valence-electron chi connectivity index (χ1n) is 8.85. The highest BCUT2D eigenvalue weighted by molar-refractivity contribution is 5.24. The fourth-order valence-electron chi connectivity index (χ4n) is 3.70. The summed E-state index contributed by atoms with van der Waals surface area (Å²) in [6, 6.07) is 0. The lowest BCUT2D eigenvalue weighted by atomic mass is 9.97. The average molecular weight is 332 g/mol. The van der Waals surface area contributed by atoms with Gasteiger partial charge in [0.05, 0.1) is 18.5 Å². The first kappa shape index (κ1) is 17.1. The van der Waals surface area contributed by atoms with Gasteiger partial charge in [-0.1, -0.05) is 5.21 Å². The number of aryl methyl sites for hydroxylation is 2. The molecule has 0 aliphatic carbocycles. The first-order valence-corrected chi connectivity index (χ1v) is 8.85. The van der Waals surface area contributed by atoms with Gasteiger partial charge in [-0.2, -0.15) is 5.10 Å². The van der Waals surface area contributed by atoms with E-state index in [1.807, 2.05) is 10.9 Å². The summed E-state index contributed by atoms with van der Waals surface area (Å²) in [5.41, 5.74) is 4.46. The molecule has 2 aromatic heterocycles. The zero-order valence-electron chi connectivity index (χ0n) is 14.9. The number of hydrogen-bond donors (Lipinski definition) is 1. The van der Waals surface area contributed by atoms with Crippen molar-refractivity contribution in [3.05, 3.63) is 28.8 Å². The molecular weight excluding hydrogens is 304 g/mol. The Morgan fingerprint density at radius 3 is 2.83 bits per heavy atom. The van der Waals surface area contributed by atoms with Crippen LogP contribution in [-0.4, -0.2) is 47.9 Å². The Kier molecular flexibility index (Phi) is 5.30. The zero-order chi connectivity index (χ0) is 17.1. The monoisotopic (exact) mass is 332 g/mol. The molecule has 132 valence electrons. The standard InChI is InChI=1S/C17H28N6O/c1-4-23-14(3)17(13(2)19-23)11-21-7-5-6-15(8-21)9-22-10-16(12-24)18-20-22/h10,15,24H,4-9,11-12H2,1-3H3/t15-/m0/s1. The van der Waals surface area contributed by atoms with Crippen LogP contribution in [0.5, 0.6) is 0 Å². The number of likely N-dealkylation sites (tertiary alicyclic amines) is 1. The number of hydrogen-bond acceptors (Lipinski definition) is 5. The average Bonchev–Trinajstić information content (AvgIpc) is 3.14. The maximum Gasteiger partial charge on any atom is 0.108 e. The van der Waals surface area contributed by atoms with E-state index in [1.165, 1.54) is 24.1 Å². The number of aliphatic hydroxyl groups excluding tert-OH is 1. The highest BCUT2D eigenvalue weighted by Gasteiger charge is 2.23. The van der Waals surface area contributed by atoms with Crippen molar-refractivity contribution in [2.75, 3.05) is 13.1 Å². The molecule has 1 atom stereocenters. The lowest BCUT2D eigenvalue weighted by Crippen LogP contribution is -2.37. The molecule has 1 fully saturated rings. The SMILES string of the molecule is CCn1nc(C)c(CN2CCC[C@H](Cn3cc(CO)nn3)C2)c1C. The molecule has 0 radical (unpaired) electrons. The largest absolute Gasteiger partial charge is 0.390 e. The van der Waals surface area contributed by atoms with Crippen molar-refractivity contribution in [2.24, 2.45) is 5.92 Å². The van der Waals surface area contributed by atoms with Gasteiger partial charge >= 0.3 is 0 Å². The maximum atomic E-state index is 9.11. The molecule has 7 heteroatoms. The van der Waals surface area contributed by atoms with E-state index in [0.717, 1.165) is 38.4 Å². The normalized spacial score (nSPS) is 19.1. The van der Waals surface area contributed by atoms with Crippen molar-refractivity contribution >= 4 is 0 Å². The molecule has 0 saturated carbocycles. The Labute approximate surface area is 143 Å². The molecule has 3 heterocycles. The van der Waals surface area contributed by atoms with Gasteiger partial charge in [0.1, 0.15) is 5.69 Å². The highest BCUT2D eigenvalue weighted by Crippen LogP contribution is 2.22. The van der Waals surface area contributed by atoms with Gasteiger partial charge in [0, 0.05) is 37.4 Å². The van der Waals surface area contributed by atoms with Crippen molar-refractivity contribution in [3.63, 3.8) is 0 Å². The summed E-state index contributed by atoms with van der Waals surface area (Å²) in [7, 11) is 0. The second-order valence-electron chi connectivity index (χ2n) is 6.80. The minimum atomic E-state index is -0.0449. The number of nitrogens with zero attached hydrogens (tertiary/aromatic N) is 6. The van der Waals surface area contributed by atoms with Crippen LogP contribution in [-0.2, 0) is 26.2 Å². The van der Waals surface area contributed by atoms with Gasteiger partial charge in [0.25, 0.3) is 0 Å². The predicted octanol–water partition coefficient (Wildman–Crippen LogP) is 1.52. The minimum Gasteiger partial charge on any atom is -0.390 e. The molecule has 24 heavy (non-hydrogen) atoms. The van der Waals surface area contributed by atoms with Crippen LogP contribution in [0.3, 0.4) is 0 Å². The van der Waals surface area contributed by atoms with E-state index in [2.05, 4.69) is 45.8 Å². The molecule has 1 aliphatic heterocycles. The summed E-state index contributed by atoms with van der Waals surface area (Å²) < 4.78 is 3.96. The number of rotatable bonds is 6. The molecule has 0 unspecified atom stereocenters. The third kappa shape index (κ3) is 3.67. The van der Waals surface area contributed by atoms with Crippen molar-refractivity contribution in [2.45, 2.75) is 59.9 Å². The van der Waals surface area contributed by atoms with Crippen molar-refractivity contribution in [1.82, 2.24) is 29.7 Å². The summed E-state index contributed by atoms with van der Waals surface area (Å²) in [5, 5.41) is 21.8. The van der Waals surface area contributed by atoms with Gasteiger partial charge in [-0.25, -0.2) is 0 Å². The van der Waals surface area contributed by atoms with E-state index in [1.54, 1.807) is 0 Å². The van der Waals surface area contributed by atoms with Gasteiger partial charge in [-0.15, -0.1) is 5.10 Å². The topological polar surface area (TPSA) is 72.0 Å². The van der Waals surface area contributed by atoms with Crippen LogP contribution in [0.1, 0.15) is 42.4 Å². The smallest absolute Gasteiger partial charge is 0.108 e. The molecule has 1 N–H and O–H groups in total. The molecular formula is C17H28N6O.